The van der Waals surface area contributed by atoms with E-state index < -0.39 is 11.9 Å². The molecule has 6 heteroatoms. The lowest BCUT2D eigenvalue weighted by molar-refractivity contribution is -0.134. The Hall–Kier alpha value is -1.87. The molecule has 0 aromatic heterocycles. The third kappa shape index (κ3) is 8.46. The number of aliphatic carboxylic acids is 2. The Morgan fingerprint density at radius 2 is 1.87 bits per heavy atom. The molecule has 1 aliphatic rings. The summed E-state index contributed by atoms with van der Waals surface area (Å²) in [5.41, 5.74) is 0. The van der Waals surface area contributed by atoms with Gasteiger partial charge in [0.1, 0.15) is 0 Å². The van der Waals surface area contributed by atoms with Crippen LogP contribution in [0.25, 0.3) is 0 Å². The zero-order chi connectivity index (χ0) is 11.7. The standard InChI is InChI=1S/C5H8N2.C4H4O4/c6-4-5-2-1-3-7-5;5-3(6)1-2-4(7)8/h5,7H,1-3H2;1-2H,(H,5,6)(H,7,8)/b;2-1-. The number of hydrogen-bond acceptors (Lipinski definition) is 4. The molecule has 0 spiro atoms. The van der Waals surface area contributed by atoms with Gasteiger partial charge in [-0.3, -0.25) is 0 Å². The van der Waals surface area contributed by atoms with Gasteiger partial charge in [-0.25, -0.2) is 9.59 Å². The smallest absolute Gasteiger partial charge is 0.328 e. The molecular weight excluding hydrogens is 200 g/mol. The molecule has 1 atom stereocenters. The Morgan fingerprint density at radius 3 is 2.07 bits per heavy atom. The van der Waals surface area contributed by atoms with E-state index in [2.05, 4.69) is 11.4 Å². The molecule has 0 bridgehead atoms. The van der Waals surface area contributed by atoms with Gasteiger partial charge < -0.3 is 15.5 Å². The predicted octanol–water partition coefficient (Wildman–Crippen LogP) is -0.0262. The summed E-state index contributed by atoms with van der Waals surface area (Å²) in [6, 6.07) is 2.31. The lowest BCUT2D eigenvalue weighted by Gasteiger charge is -1.91. The molecule has 0 amide bonds. The van der Waals surface area contributed by atoms with Crippen molar-refractivity contribution in [3.8, 4) is 6.07 Å². The van der Waals surface area contributed by atoms with E-state index in [0.717, 1.165) is 19.4 Å². The molecule has 6 nitrogen and oxygen atoms in total. The van der Waals surface area contributed by atoms with Crippen molar-refractivity contribution >= 4 is 11.9 Å². The average molecular weight is 212 g/mol. The van der Waals surface area contributed by atoms with E-state index in [1.165, 1.54) is 0 Å². The maximum atomic E-state index is 9.55. The van der Waals surface area contributed by atoms with Gasteiger partial charge in [0.15, 0.2) is 0 Å². The third-order valence-corrected chi connectivity index (χ3v) is 1.58. The second-order valence-corrected chi connectivity index (χ2v) is 2.79. The highest BCUT2D eigenvalue weighted by molar-refractivity contribution is 5.89. The maximum Gasteiger partial charge on any atom is 0.328 e. The first kappa shape index (κ1) is 13.1. The van der Waals surface area contributed by atoms with Crippen LogP contribution in [-0.2, 0) is 9.59 Å². The number of nitriles is 1. The Labute approximate surface area is 86.8 Å². The maximum absolute atomic E-state index is 9.55. The Bertz CT molecular complexity index is 271. The first-order chi connectivity index (χ1) is 7.06. The van der Waals surface area contributed by atoms with Gasteiger partial charge in [0.05, 0.1) is 12.1 Å². The van der Waals surface area contributed by atoms with Gasteiger partial charge in [0, 0.05) is 12.2 Å². The highest BCUT2D eigenvalue weighted by atomic mass is 16.4. The van der Waals surface area contributed by atoms with Crippen molar-refractivity contribution in [3.63, 3.8) is 0 Å². The van der Waals surface area contributed by atoms with Crippen LogP contribution >= 0.6 is 0 Å². The molecular formula is C9H12N2O4. The molecule has 1 saturated heterocycles. The molecule has 3 N–H and O–H groups in total. The van der Waals surface area contributed by atoms with Crippen molar-refractivity contribution in [1.29, 1.82) is 5.26 Å². The van der Waals surface area contributed by atoms with Crippen molar-refractivity contribution in [3.05, 3.63) is 12.2 Å². The minimum atomic E-state index is -1.26. The Balaban J connectivity index is 0.000000262. The minimum Gasteiger partial charge on any atom is -0.478 e. The number of nitrogens with one attached hydrogen (secondary N) is 1. The molecule has 1 rings (SSSR count). The molecule has 1 aliphatic heterocycles. The van der Waals surface area contributed by atoms with Gasteiger partial charge in [-0.2, -0.15) is 5.26 Å². The van der Waals surface area contributed by atoms with Gasteiger partial charge in [0.25, 0.3) is 0 Å². The number of rotatable bonds is 2. The first-order valence-corrected chi connectivity index (χ1v) is 4.33. The summed E-state index contributed by atoms with van der Waals surface area (Å²) < 4.78 is 0. The lowest BCUT2D eigenvalue weighted by Crippen LogP contribution is -2.18. The van der Waals surface area contributed by atoms with Crippen LogP contribution < -0.4 is 5.32 Å². The molecule has 0 aliphatic carbocycles. The molecule has 1 heterocycles. The molecule has 1 unspecified atom stereocenters. The van der Waals surface area contributed by atoms with Crippen molar-refractivity contribution in [1.82, 2.24) is 5.32 Å². The topological polar surface area (TPSA) is 110 Å². The zero-order valence-electron chi connectivity index (χ0n) is 8.01. The van der Waals surface area contributed by atoms with Crippen LogP contribution in [0.4, 0.5) is 0 Å². The molecule has 15 heavy (non-hydrogen) atoms. The van der Waals surface area contributed by atoms with E-state index in [4.69, 9.17) is 15.5 Å². The SMILES string of the molecule is N#CC1CCCN1.O=C(O)/C=C\C(=O)O. The van der Waals surface area contributed by atoms with Gasteiger partial charge in [-0.15, -0.1) is 0 Å². The molecule has 82 valence electrons. The summed E-state index contributed by atoms with van der Waals surface area (Å²) in [7, 11) is 0. The van der Waals surface area contributed by atoms with Crippen LogP contribution in [0.15, 0.2) is 12.2 Å². The second-order valence-electron chi connectivity index (χ2n) is 2.79. The number of nitrogens with zero attached hydrogens (tertiary/aromatic N) is 1. The van der Waals surface area contributed by atoms with E-state index >= 15 is 0 Å². The summed E-state index contributed by atoms with van der Waals surface area (Å²) in [6.07, 6.45) is 3.32. The number of carboxylic acid groups (broad SMARTS) is 2. The summed E-state index contributed by atoms with van der Waals surface area (Å²) in [5, 5.41) is 26.9. The molecule has 0 aromatic carbocycles. The summed E-state index contributed by atoms with van der Waals surface area (Å²) in [6.45, 7) is 1.03. The predicted molar refractivity (Wildman–Crippen MR) is 51.0 cm³/mol. The lowest BCUT2D eigenvalue weighted by atomic mass is 10.2. The van der Waals surface area contributed by atoms with Crippen LogP contribution in [-0.4, -0.2) is 34.7 Å². The highest BCUT2D eigenvalue weighted by Gasteiger charge is 2.10. The fraction of sp³-hybridized carbons (Fsp3) is 0.444. The van der Waals surface area contributed by atoms with E-state index in [1.807, 2.05) is 0 Å². The van der Waals surface area contributed by atoms with Gasteiger partial charge in [-0.1, -0.05) is 0 Å². The van der Waals surface area contributed by atoms with E-state index in [9.17, 15) is 9.59 Å². The van der Waals surface area contributed by atoms with Crippen molar-refractivity contribution in [2.75, 3.05) is 6.54 Å². The normalized spacial score (nSPS) is 19.0. The molecule has 0 aromatic rings. The van der Waals surface area contributed by atoms with E-state index in [-0.39, 0.29) is 6.04 Å². The second kappa shape index (κ2) is 7.53. The summed E-state index contributed by atoms with van der Waals surface area (Å²) in [5.74, 6) is -2.51. The van der Waals surface area contributed by atoms with Crippen molar-refractivity contribution in [2.45, 2.75) is 18.9 Å². The number of carboxylic acids is 2. The number of carbonyl (C=O) groups is 2. The minimum absolute atomic E-state index is 0.153. The molecule has 0 radical (unpaired) electrons. The van der Waals surface area contributed by atoms with Gasteiger partial charge in [-0.05, 0) is 19.4 Å². The van der Waals surface area contributed by atoms with Crippen LogP contribution in [0.3, 0.4) is 0 Å². The van der Waals surface area contributed by atoms with Gasteiger partial charge in [0.2, 0.25) is 0 Å². The highest BCUT2D eigenvalue weighted by Crippen LogP contribution is 2.01. The monoisotopic (exact) mass is 212 g/mol. The number of hydrogen-bond donors (Lipinski definition) is 3. The van der Waals surface area contributed by atoms with E-state index in [0.29, 0.717) is 12.2 Å². The first-order valence-electron chi connectivity index (χ1n) is 4.33. The van der Waals surface area contributed by atoms with Crippen LogP contribution in [0.1, 0.15) is 12.8 Å². The van der Waals surface area contributed by atoms with Crippen molar-refractivity contribution < 1.29 is 19.8 Å². The average Bonchev–Trinajstić information content (AvgIpc) is 2.68. The largest absolute Gasteiger partial charge is 0.478 e. The molecule has 1 fully saturated rings. The Morgan fingerprint density at radius 1 is 1.33 bits per heavy atom. The van der Waals surface area contributed by atoms with Crippen LogP contribution in [0.5, 0.6) is 0 Å². The fourth-order valence-electron chi connectivity index (χ4n) is 0.937. The third-order valence-electron chi connectivity index (χ3n) is 1.58. The van der Waals surface area contributed by atoms with Crippen LogP contribution in [0, 0.1) is 11.3 Å². The summed E-state index contributed by atoms with van der Waals surface area (Å²) >= 11 is 0. The fourth-order valence-corrected chi connectivity index (χ4v) is 0.937. The van der Waals surface area contributed by atoms with E-state index in [1.54, 1.807) is 0 Å². The van der Waals surface area contributed by atoms with Crippen molar-refractivity contribution in [2.24, 2.45) is 0 Å². The Kier molecular flexibility index (Phi) is 6.59. The van der Waals surface area contributed by atoms with Crippen LogP contribution in [0.2, 0.25) is 0 Å². The zero-order valence-corrected chi connectivity index (χ0v) is 8.01. The summed E-state index contributed by atoms with van der Waals surface area (Å²) in [4.78, 5) is 19.1. The quantitative estimate of drug-likeness (QED) is 0.554. The van der Waals surface area contributed by atoms with Gasteiger partial charge >= 0.3 is 11.9 Å². The molecule has 0 saturated carbocycles.